The molecule has 21 heavy (non-hydrogen) atoms. The molecule has 1 amide bonds. The predicted octanol–water partition coefficient (Wildman–Crippen LogP) is 3.21. The fraction of sp³-hybridized carbons (Fsp3) is 0.611. The molecule has 1 aromatic carbocycles. The average Bonchev–Trinajstić information content (AvgIpc) is 2.48. The van der Waals surface area contributed by atoms with Crippen LogP contribution in [0.1, 0.15) is 50.2 Å². The monoisotopic (exact) mass is 290 g/mol. The van der Waals surface area contributed by atoms with Crippen molar-refractivity contribution in [1.82, 2.24) is 10.6 Å². The van der Waals surface area contributed by atoms with Crippen LogP contribution in [0.4, 0.5) is 0 Å². The summed E-state index contributed by atoms with van der Waals surface area (Å²) in [6, 6.07) is 9.12. The summed E-state index contributed by atoms with van der Waals surface area (Å²) in [4.78, 5) is 11.7. The van der Waals surface area contributed by atoms with E-state index in [0.717, 1.165) is 32.2 Å². The number of amides is 1. The van der Waals surface area contributed by atoms with Gasteiger partial charge in [-0.3, -0.25) is 4.79 Å². The number of nitrogens with one attached hydrogen (secondary N) is 2. The number of hydrogen-bond donors (Lipinski definition) is 2. The van der Waals surface area contributed by atoms with Crippen LogP contribution in [0.5, 0.6) is 0 Å². The quantitative estimate of drug-likeness (QED) is 0.650. The molecule has 0 aliphatic heterocycles. The molecule has 0 saturated carbocycles. The molecule has 1 rings (SSSR count). The van der Waals surface area contributed by atoms with Crippen LogP contribution in [-0.2, 0) is 11.2 Å². The lowest BCUT2D eigenvalue weighted by atomic mass is 10.1. The smallest absolute Gasteiger partial charge is 0.220 e. The highest BCUT2D eigenvalue weighted by molar-refractivity contribution is 5.75. The van der Waals surface area contributed by atoms with E-state index in [2.05, 4.69) is 48.7 Å². The van der Waals surface area contributed by atoms with Crippen LogP contribution in [0.25, 0.3) is 0 Å². The second-order valence-corrected chi connectivity index (χ2v) is 5.87. The van der Waals surface area contributed by atoms with Gasteiger partial charge in [0.2, 0.25) is 5.91 Å². The molecule has 0 saturated heterocycles. The van der Waals surface area contributed by atoms with Gasteiger partial charge in [0, 0.05) is 19.0 Å². The number of hydrogen-bond acceptors (Lipinski definition) is 2. The molecule has 0 aliphatic rings. The van der Waals surface area contributed by atoms with Crippen LogP contribution in [0, 0.1) is 6.92 Å². The summed E-state index contributed by atoms with van der Waals surface area (Å²) < 4.78 is 0. The molecule has 1 unspecified atom stereocenters. The molecule has 0 aromatic heterocycles. The summed E-state index contributed by atoms with van der Waals surface area (Å²) in [5.41, 5.74) is 2.60. The Bertz CT molecular complexity index is 400. The van der Waals surface area contributed by atoms with E-state index >= 15 is 0 Å². The van der Waals surface area contributed by atoms with E-state index in [4.69, 9.17) is 0 Å². The van der Waals surface area contributed by atoms with E-state index in [1.807, 2.05) is 7.05 Å². The molecule has 0 aliphatic carbocycles. The molecule has 2 N–H and O–H groups in total. The Labute approximate surface area is 129 Å². The zero-order chi connectivity index (χ0) is 15.5. The number of unbranched alkanes of at least 4 members (excludes halogenated alkanes) is 1. The van der Waals surface area contributed by atoms with Crippen LogP contribution in [-0.4, -0.2) is 25.5 Å². The van der Waals surface area contributed by atoms with Gasteiger partial charge in [-0.15, -0.1) is 0 Å². The summed E-state index contributed by atoms with van der Waals surface area (Å²) in [5.74, 6) is 0.184. The third-order valence-electron chi connectivity index (χ3n) is 3.87. The van der Waals surface area contributed by atoms with Gasteiger partial charge >= 0.3 is 0 Å². The number of rotatable bonds is 10. The van der Waals surface area contributed by atoms with Crippen molar-refractivity contribution in [2.24, 2.45) is 0 Å². The lowest BCUT2D eigenvalue weighted by Gasteiger charge is -2.09. The molecule has 0 radical (unpaired) electrons. The van der Waals surface area contributed by atoms with E-state index in [0.29, 0.717) is 12.5 Å². The lowest BCUT2D eigenvalue weighted by molar-refractivity contribution is -0.121. The van der Waals surface area contributed by atoms with E-state index in [1.54, 1.807) is 0 Å². The highest BCUT2D eigenvalue weighted by atomic mass is 16.1. The molecule has 3 nitrogen and oxygen atoms in total. The highest BCUT2D eigenvalue weighted by Crippen LogP contribution is 2.07. The van der Waals surface area contributed by atoms with E-state index in [1.165, 1.54) is 17.5 Å². The minimum Gasteiger partial charge on any atom is -0.356 e. The van der Waals surface area contributed by atoms with E-state index < -0.39 is 0 Å². The van der Waals surface area contributed by atoms with E-state index in [-0.39, 0.29) is 5.91 Å². The summed E-state index contributed by atoms with van der Waals surface area (Å²) in [6.07, 6.45) is 5.92. The Morgan fingerprint density at radius 3 is 2.52 bits per heavy atom. The molecule has 1 aromatic rings. The van der Waals surface area contributed by atoms with Crippen molar-refractivity contribution in [2.75, 3.05) is 13.6 Å². The van der Waals surface area contributed by atoms with Crippen molar-refractivity contribution in [3.05, 3.63) is 35.4 Å². The third-order valence-corrected chi connectivity index (χ3v) is 3.87. The van der Waals surface area contributed by atoms with Crippen molar-refractivity contribution in [3.8, 4) is 0 Å². The second-order valence-electron chi connectivity index (χ2n) is 5.87. The summed E-state index contributed by atoms with van der Waals surface area (Å²) in [6.45, 7) is 5.08. The third kappa shape index (κ3) is 8.51. The van der Waals surface area contributed by atoms with Gasteiger partial charge in [-0.1, -0.05) is 36.2 Å². The Morgan fingerprint density at radius 2 is 1.86 bits per heavy atom. The standard InChI is InChI=1S/C18H30N2O/c1-15-10-12-17(13-11-15)8-6-9-18(21)20-14-5-4-7-16(2)19-3/h10-13,16,19H,4-9,14H2,1-3H3,(H,20,21). The Kier molecular flexibility index (Phi) is 8.76. The minimum atomic E-state index is 0.184. The van der Waals surface area contributed by atoms with Crippen molar-refractivity contribution >= 4 is 5.91 Å². The largest absolute Gasteiger partial charge is 0.356 e. The SMILES string of the molecule is CNC(C)CCCCNC(=O)CCCc1ccc(C)cc1. The first-order chi connectivity index (χ1) is 10.1. The molecule has 3 heteroatoms. The Morgan fingerprint density at radius 1 is 1.14 bits per heavy atom. The van der Waals surface area contributed by atoms with Gasteiger partial charge in [0.15, 0.2) is 0 Å². The molecule has 0 fully saturated rings. The maximum atomic E-state index is 11.7. The fourth-order valence-corrected chi connectivity index (χ4v) is 2.24. The number of carbonyl (C=O) groups excluding carboxylic acids is 1. The van der Waals surface area contributed by atoms with Gasteiger partial charge < -0.3 is 10.6 Å². The topological polar surface area (TPSA) is 41.1 Å². The lowest BCUT2D eigenvalue weighted by Crippen LogP contribution is -2.25. The molecule has 0 bridgehead atoms. The number of benzene rings is 1. The summed E-state index contributed by atoms with van der Waals surface area (Å²) in [7, 11) is 1.99. The van der Waals surface area contributed by atoms with Crippen LogP contribution in [0.2, 0.25) is 0 Å². The van der Waals surface area contributed by atoms with Gasteiger partial charge in [-0.25, -0.2) is 0 Å². The van der Waals surface area contributed by atoms with Gasteiger partial charge in [0.1, 0.15) is 0 Å². The number of carbonyl (C=O) groups is 1. The molecular weight excluding hydrogens is 260 g/mol. The first-order valence-electron chi connectivity index (χ1n) is 8.11. The maximum absolute atomic E-state index is 11.7. The maximum Gasteiger partial charge on any atom is 0.220 e. The first-order valence-corrected chi connectivity index (χ1v) is 8.11. The van der Waals surface area contributed by atoms with Crippen molar-refractivity contribution in [3.63, 3.8) is 0 Å². The second kappa shape index (κ2) is 10.4. The van der Waals surface area contributed by atoms with Crippen LogP contribution in [0.3, 0.4) is 0 Å². The van der Waals surface area contributed by atoms with Crippen molar-refractivity contribution < 1.29 is 4.79 Å². The highest BCUT2D eigenvalue weighted by Gasteiger charge is 2.02. The Balaban J connectivity index is 2.02. The Hall–Kier alpha value is -1.35. The van der Waals surface area contributed by atoms with Gasteiger partial charge in [-0.05, 0) is 52.1 Å². The normalized spacial score (nSPS) is 12.1. The minimum absolute atomic E-state index is 0.184. The number of aryl methyl sites for hydroxylation is 2. The van der Waals surface area contributed by atoms with Crippen LogP contribution >= 0.6 is 0 Å². The summed E-state index contributed by atoms with van der Waals surface area (Å²) in [5, 5.41) is 6.23. The first kappa shape index (κ1) is 17.7. The van der Waals surface area contributed by atoms with Gasteiger partial charge in [0.25, 0.3) is 0 Å². The fourth-order valence-electron chi connectivity index (χ4n) is 2.24. The molecule has 118 valence electrons. The van der Waals surface area contributed by atoms with E-state index in [9.17, 15) is 4.79 Å². The van der Waals surface area contributed by atoms with Gasteiger partial charge in [-0.2, -0.15) is 0 Å². The molecule has 0 spiro atoms. The van der Waals surface area contributed by atoms with Crippen molar-refractivity contribution in [1.29, 1.82) is 0 Å². The zero-order valence-corrected chi connectivity index (χ0v) is 13.7. The summed E-state index contributed by atoms with van der Waals surface area (Å²) >= 11 is 0. The molecular formula is C18H30N2O. The molecule has 0 heterocycles. The zero-order valence-electron chi connectivity index (χ0n) is 13.7. The van der Waals surface area contributed by atoms with Crippen molar-refractivity contribution in [2.45, 2.75) is 58.4 Å². The van der Waals surface area contributed by atoms with Gasteiger partial charge in [0.05, 0.1) is 0 Å². The molecule has 1 atom stereocenters. The predicted molar refractivity (Wildman–Crippen MR) is 89.5 cm³/mol. The average molecular weight is 290 g/mol. The van der Waals surface area contributed by atoms with Crippen LogP contribution < -0.4 is 10.6 Å². The van der Waals surface area contributed by atoms with Crippen LogP contribution in [0.15, 0.2) is 24.3 Å².